The van der Waals surface area contributed by atoms with E-state index in [0.717, 1.165) is 6.42 Å². The van der Waals surface area contributed by atoms with Crippen molar-refractivity contribution >= 4 is 37.2 Å². The fourth-order valence-electron chi connectivity index (χ4n) is 2.57. The second-order valence-corrected chi connectivity index (χ2v) is 8.17. The van der Waals surface area contributed by atoms with Gasteiger partial charge in [-0.05, 0) is 37.5 Å². The number of nitrogens with zero attached hydrogens (tertiary/aromatic N) is 1. The molecule has 1 aromatic carbocycles. The van der Waals surface area contributed by atoms with Crippen LogP contribution in [0.5, 0.6) is 0 Å². The summed E-state index contributed by atoms with van der Waals surface area (Å²) < 4.78 is 22.8. The number of rotatable bonds is 2. The molecular formula is C13H15Cl2NO3S. The predicted octanol–water partition coefficient (Wildman–Crippen LogP) is 3.14. The maximum Gasteiger partial charge on any atom is 0.262 e. The fraction of sp³-hybridized carbons (Fsp3) is 0.462. The second kappa shape index (κ2) is 5.54. The molecule has 110 valence electrons. The first-order valence-corrected chi connectivity index (χ1v) is 8.94. The molecule has 0 bridgehead atoms. The molecule has 1 amide bonds. The van der Waals surface area contributed by atoms with Crippen LogP contribution in [-0.2, 0) is 9.05 Å². The summed E-state index contributed by atoms with van der Waals surface area (Å²) in [6, 6.07) is 4.28. The Balaban J connectivity index is 2.37. The highest BCUT2D eigenvalue weighted by molar-refractivity contribution is 8.13. The molecule has 7 heteroatoms. The van der Waals surface area contributed by atoms with Crippen molar-refractivity contribution in [2.75, 3.05) is 6.54 Å². The van der Waals surface area contributed by atoms with E-state index in [4.69, 9.17) is 22.3 Å². The van der Waals surface area contributed by atoms with Crippen molar-refractivity contribution in [1.82, 2.24) is 4.90 Å². The third-order valence-corrected chi connectivity index (χ3v) is 5.29. The van der Waals surface area contributed by atoms with Crippen LogP contribution in [0.25, 0.3) is 0 Å². The van der Waals surface area contributed by atoms with Gasteiger partial charge in [0.25, 0.3) is 15.0 Å². The zero-order valence-electron chi connectivity index (χ0n) is 11.1. The molecule has 2 unspecified atom stereocenters. The molecule has 0 saturated carbocycles. The third kappa shape index (κ3) is 3.10. The van der Waals surface area contributed by atoms with E-state index < -0.39 is 9.05 Å². The Labute approximate surface area is 128 Å². The summed E-state index contributed by atoms with van der Waals surface area (Å²) in [5.74, 6) is 0.248. The van der Waals surface area contributed by atoms with Gasteiger partial charge >= 0.3 is 0 Å². The van der Waals surface area contributed by atoms with Gasteiger partial charge in [0.15, 0.2) is 0 Å². The van der Waals surface area contributed by atoms with Crippen molar-refractivity contribution in [2.24, 2.45) is 5.92 Å². The lowest BCUT2D eigenvalue weighted by Gasteiger charge is -2.21. The normalized spacial score (nSPS) is 23.1. The molecule has 0 N–H and O–H groups in total. The van der Waals surface area contributed by atoms with E-state index in [1.807, 2.05) is 6.92 Å². The molecule has 0 spiro atoms. The Hall–Kier alpha value is -0.780. The molecule has 1 saturated heterocycles. The van der Waals surface area contributed by atoms with Gasteiger partial charge in [0, 0.05) is 28.8 Å². The first kappa shape index (κ1) is 15.6. The van der Waals surface area contributed by atoms with Gasteiger partial charge in [0.2, 0.25) is 0 Å². The highest BCUT2D eigenvalue weighted by atomic mass is 35.7. The smallest absolute Gasteiger partial charge is 0.262 e. The summed E-state index contributed by atoms with van der Waals surface area (Å²) in [5.41, 5.74) is 0.287. The average molecular weight is 336 g/mol. The first-order chi connectivity index (χ1) is 9.20. The minimum absolute atomic E-state index is 0.0133. The van der Waals surface area contributed by atoms with Crippen LogP contribution < -0.4 is 0 Å². The summed E-state index contributed by atoms with van der Waals surface area (Å²) in [6.45, 7) is 4.74. The molecule has 0 aromatic heterocycles. The Bertz CT molecular complexity index is 645. The molecular weight excluding hydrogens is 321 g/mol. The van der Waals surface area contributed by atoms with E-state index in [0.29, 0.717) is 12.5 Å². The van der Waals surface area contributed by atoms with Crippen molar-refractivity contribution in [1.29, 1.82) is 0 Å². The van der Waals surface area contributed by atoms with E-state index in [-0.39, 0.29) is 27.4 Å². The zero-order chi connectivity index (χ0) is 15.1. The van der Waals surface area contributed by atoms with E-state index in [2.05, 4.69) is 6.92 Å². The lowest BCUT2D eigenvalue weighted by molar-refractivity contribution is 0.0743. The largest absolute Gasteiger partial charge is 0.336 e. The number of hydrogen-bond acceptors (Lipinski definition) is 3. The molecule has 1 aliphatic heterocycles. The number of carbonyl (C=O) groups is 1. The number of likely N-dealkylation sites (tertiary alicyclic amines) is 1. The quantitative estimate of drug-likeness (QED) is 0.780. The second-order valence-electron chi connectivity index (χ2n) is 5.23. The molecule has 1 fully saturated rings. The highest BCUT2D eigenvalue weighted by Crippen LogP contribution is 2.28. The van der Waals surface area contributed by atoms with Crippen LogP contribution >= 0.6 is 22.3 Å². The Morgan fingerprint density at radius 2 is 2.00 bits per heavy atom. The van der Waals surface area contributed by atoms with Crippen LogP contribution in [-0.4, -0.2) is 31.8 Å². The summed E-state index contributed by atoms with van der Waals surface area (Å²) in [5, 5.41) is 0.0133. The van der Waals surface area contributed by atoms with Crippen LogP contribution in [0.3, 0.4) is 0 Å². The molecule has 0 aliphatic carbocycles. The fourth-order valence-corrected chi connectivity index (χ4v) is 4.06. The summed E-state index contributed by atoms with van der Waals surface area (Å²) >= 11 is 5.81. The molecule has 1 heterocycles. The van der Waals surface area contributed by atoms with E-state index in [1.54, 1.807) is 4.90 Å². The van der Waals surface area contributed by atoms with Gasteiger partial charge in [-0.1, -0.05) is 18.5 Å². The summed E-state index contributed by atoms with van der Waals surface area (Å²) in [4.78, 5) is 14.0. The van der Waals surface area contributed by atoms with Crippen molar-refractivity contribution in [3.05, 3.63) is 28.8 Å². The Kier molecular flexibility index (Phi) is 4.33. The lowest BCUT2D eigenvalue weighted by atomic mass is 10.1. The molecule has 2 atom stereocenters. The molecule has 1 aromatic rings. The first-order valence-electron chi connectivity index (χ1n) is 6.25. The van der Waals surface area contributed by atoms with E-state index in [1.165, 1.54) is 18.2 Å². The highest BCUT2D eigenvalue weighted by Gasteiger charge is 2.31. The van der Waals surface area contributed by atoms with Gasteiger partial charge in [-0.25, -0.2) is 8.42 Å². The summed E-state index contributed by atoms with van der Waals surface area (Å²) in [7, 11) is 1.35. The average Bonchev–Trinajstić information content (AvgIpc) is 2.66. The molecule has 2 rings (SSSR count). The van der Waals surface area contributed by atoms with Crippen molar-refractivity contribution in [3.63, 3.8) is 0 Å². The minimum atomic E-state index is -3.97. The van der Waals surface area contributed by atoms with Gasteiger partial charge in [-0.15, -0.1) is 0 Å². The third-order valence-electron chi connectivity index (χ3n) is 3.49. The molecule has 4 nitrogen and oxygen atoms in total. The van der Waals surface area contributed by atoms with E-state index in [9.17, 15) is 13.2 Å². The van der Waals surface area contributed by atoms with Crippen molar-refractivity contribution in [3.8, 4) is 0 Å². The minimum Gasteiger partial charge on any atom is -0.336 e. The predicted molar refractivity (Wildman–Crippen MR) is 78.8 cm³/mol. The standard InChI is InChI=1S/C13H15Cl2NO3S/c1-8-5-9(2)16(7-8)13(17)10-3-4-11(14)12(6-10)20(15,18)19/h3-4,6,8-9H,5,7H2,1-2H3. The van der Waals surface area contributed by atoms with Gasteiger partial charge in [-0.3, -0.25) is 4.79 Å². The van der Waals surface area contributed by atoms with Crippen LogP contribution in [0.1, 0.15) is 30.6 Å². The SMILES string of the molecule is CC1CC(C)N(C(=O)c2ccc(Cl)c(S(=O)(=O)Cl)c2)C1. The van der Waals surface area contributed by atoms with Crippen LogP contribution in [0.4, 0.5) is 0 Å². The number of halogens is 2. The zero-order valence-corrected chi connectivity index (χ0v) is 13.5. The number of benzene rings is 1. The van der Waals surface area contributed by atoms with Crippen LogP contribution in [0, 0.1) is 5.92 Å². The molecule has 20 heavy (non-hydrogen) atoms. The Morgan fingerprint density at radius 3 is 2.50 bits per heavy atom. The van der Waals surface area contributed by atoms with Crippen LogP contribution in [0.2, 0.25) is 5.02 Å². The Morgan fingerprint density at radius 1 is 1.35 bits per heavy atom. The molecule has 0 radical (unpaired) electrons. The maximum absolute atomic E-state index is 12.4. The number of carbonyl (C=O) groups excluding carboxylic acids is 1. The van der Waals surface area contributed by atoms with Crippen molar-refractivity contribution in [2.45, 2.75) is 31.2 Å². The van der Waals surface area contributed by atoms with Gasteiger partial charge in [0.1, 0.15) is 4.90 Å². The monoisotopic (exact) mass is 335 g/mol. The number of amides is 1. The number of hydrogen-bond donors (Lipinski definition) is 0. The van der Waals surface area contributed by atoms with Gasteiger partial charge in [-0.2, -0.15) is 0 Å². The van der Waals surface area contributed by atoms with Gasteiger partial charge in [0.05, 0.1) is 5.02 Å². The lowest BCUT2D eigenvalue weighted by Crippen LogP contribution is -2.34. The van der Waals surface area contributed by atoms with E-state index >= 15 is 0 Å². The van der Waals surface area contributed by atoms with Crippen LogP contribution in [0.15, 0.2) is 23.1 Å². The molecule has 1 aliphatic rings. The topological polar surface area (TPSA) is 54.5 Å². The summed E-state index contributed by atoms with van der Waals surface area (Å²) in [6.07, 6.45) is 0.944. The maximum atomic E-state index is 12.4. The van der Waals surface area contributed by atoms with Crippen molar-refractivity contribution < 1.29 is 13.2 Å². The van der Waals surface area contributed by atoms with Gasteiger partial charge < -0.3 is 4.90 Å².